The zero-order valence-corrected chi connectivity index (χ0v) is 14.2. The average Bonchev–Trinajstić information content (AvgIpc) is 2.50. The fraction of sp³-hybridized carbons (Fsp3) is 0.571. The number of alkyl halides is 3. The van der Waals surface area contributed by atoms with E-state index >= 15 is 0 Å². The Morgan fingerprint density at radius 2 is 2.00 bits per heavy atom. The summed E-state index contributed by atoms with van der Waals surface area (Å²) >= 11 is 3.13. The number of phenols is 1. The first-order valence-corrected chi connectivity index (χ1v) is 8.16. The summed E-state index contributed by atoms with van der Waals surface area (Å²) in [7, 11) is 0. The molecule has 0 amide bonds. The van der Waals surface area contributed by atoms with Crippen molar-refractivity contribution in [3.63, 3.8) is 0 Å². The minimum Gasteiger partial charge on any atom is -0.502 e. The van der Waals surface area contributed by atoms with Crippen LogP contribution in [0.15, 0.2) is 16.6 Å². The van der Waals surface area contributed by atoms with E-state index in [0.717, 1.165) is 6.07 Å². The van der Waals surface area contributed by atoms with Gasteiger partial charge >= 0.3 is 11.9 Å². The Bertz CT molecular complexity index is 607. The van der Waals surface area contributed by atoms with Crippen LogP contribution in [0.25, 0.3) is 0 Å². The average molecular weight is 412 g/mol. The van der Waals surface area contributed by atoms with E-state index in [2.05, 4.69) is 21.2 Å². The van der Waals surface area contributed by atoms with Crippen LogP contribution in [0.2, 0.25) is 0 Å². The van der Waals surface area contributed by atoms with E-state index < -0.39 is 35.0 Å². The normalized spacial score (nSPS) is 17.7. The summed E-state index contributed by atoms with van der Waals surface area (Å²) in [5.74, 6) is -0.575. The van der Waals surface area contributed by atoms with Crippen molar-refractivity contribution in [2.75, 3.05) is 26.2 Å². The third-order valence-corrected chi connectivity index (χ3v) is 4.39. The number of nitro groups is 1. The molecule has 2 N–H and O–H groups in total. The van der Waals surface area contributed by atoms with E-state index in [1.54, 1.807) is 0 Å². The molecule has 1 fully saturated rings. The molecular formula is C14H17BrF3N3O3. The molecule has 134 valence electrons. The van der Waals surface area contributed by atoms with Crippen LogP contribution >= 0.6 is 15.9 Å². The van der Waals surface area contributed by atoms with Crippen molar-refractivity contribution in [1.82, 2.24) is 10.2 Å². The Morgan fingerprint density at radius 1 is 1.38 bits per heavy atom. The molecule has 1 saturated heterocycles. The third-order valence-electron chi connectivity index (χ3n) is 3.93. The molecule has 0 aliphatic carbocycles. The zero-order valence-electron chi connectivity index (χ0n) is 12.6. The lowest BCUT2D eigenvalue weighted by atomic mass is 9.97. The lowest BCUT2D eigenvalue weighted by Gasteiger charge is -2.35. The van der Waals surface area contributed by atoms with E-state index in [0.29, 0.717) is 30.7 Å². The van der Waals surface area contributed by atoms with Gasteiger partial charge in [0, 0.05) is 54.7 Å². The van der Waals surface area contributed by atoms with Gasteiger partial charge < -0.3 is 10.4 Å². The standard InChI is InChI=1S/C14H17BrF3N3O3/c15-9-7-10(13(22)12(8-9)21(23)24)11(1-2-14(16,17)18)20-5-3-19-4-6-20/h7-8,11,19,22H,1-6H2/t11-/m1/s1. The summed E-state index contributed by atoms with van der Waals surface area (Å²) < 4.78 is 38.4. The predicted octanol–water partition coefficient (Wildman–Crippen LogP) is 3.35. The molecule has 24 heavy (non-hydrogen) atoms. The summed E-state index contributed by atoms with van der Waals surface area (Å²) in [5.41, 5.74) is -0.381. The highest BCUT2D eigenvalue weighted by molar-refractivity contribution is 9.10. The fourth-order valence-corrected chi connectivity index (χ4v) is 3.29. The monoisotopic (exact) mass is 411 g/mol. The molecule has 1 atom stereocenters. The summed E-state index contributed by atoms with van der Waals surface area (Å²) in [5, 5.41) is 24.4. The molecule has 6 nitrogen and oxygen atoms in total. The third kappa shape index (κ3) is 4.81. The zero-order chi connectivity index (χ0) is 17.9. The molecule has 0 radical (unpaired) electrons. The number of nitrogens with one attached hydrogen (secondary N) is 1. The van der Waals surface area contributed by atoms with Crippen LogP contribution in [0.5, 0.6) is 5.75 Å². The number of phenolic OH excluding ortho intramolecular Hbond substituents is 1. The Kier molecular flexibility index (Phi) is 6.05. The Morgan fingerprint density at radius 3 is 2.54 bits per heavy atom. The number of nitro benzene ring substituents is 1. The number of rotatable bonds is 5. The van der Waals surface area contributed by atoms with Crippen molar-refractivity contribution in [1.29, 1.82) is 0 Å². The highest BCUT2D eigenvalue weighted by atomic mass is 79.9. The van der Waals surface area contributed by atoms with E-state index in [-0.39, 0.29) is 12.0 Å². The van der Waals surface area contributed by atoms with Crippen LogP contribution in [0.4, 0.5) is 18.9 Å². The van der Waals surface area contributed by atoms with E-state index in [9.17, 15) is 28.4 Å². The van der Waals surface area contributed by atoms with Crippen molar-refractivity contribution in [3.8, 4) is 5.75 Å². The highest BCUT2D eigenvalue weighted by Gasteiger charge is 2.34. The van der Waals surface area contributed by atoms with Gasteiger partial charge in [0.2, 0.25) is 0 Å². The highest BCUT2D eigenvalue weighted by Crippen LogP contribution is 2.41. The summed E-state index contributed by atoms with van der Waals surface area (Å²) in [6, 6.07) is 1.84. The molecule has 0 spiro atoms. The molecular weight excluding hydrogens is 395 g/mol. The first kappa shape index (κ1) is 18.9. The van der Waals surface area contributed by atoms with Crippen molar-refractivity contribution in [2.24, 2.45) is 0 Å². The lowest BCUT2D eigenvalue weighted by molar-refractivity contribution is -0.386. The van der Waals surface area contributed by atoms with Crippen LogP contribution in [0.3, 0.4) is 0 Å². The molecule has 1 aromatic carbocycles. The van der Waals surface area contributed by atoms with Gasteiger partial charge in [-0.1, -0.05) is 15.9 Å². The number of nitrogens with zero attached hydrogens (tertiary/aromatic N) is 2. The van der Waals surface area contributed by atoms with Gasteiger partial charge in [-0.2, -0.15) is 13.2 Å². The van der Waals surface area contributed by atoms with E-state index in [1.165, 1.54) is 6.07 Å². The van der Waals surface area contributed by atoms with Crippen molar-refractivity contribution >= 4 is 21.6 Å². The number of hydrogen-bond donors (Lipinski definition) is 2. The van der Waals surface area contributed by atoms with Gasteiger partial charge in [-0.15, -0.1) is 0 Å². The molecule has 2 rings (SSSR count). The van der Waals surface area contributed by atoms with Crippen LogP contribution in [0, 0.1) is 10.1 Å². The molecule has 0 unspecified atom stereocenters. The lowest BCUT2D eigenvalue weighted by Crippen LogP contribution is -2.45. The molecule has 10 heteroatoms. The minimum absolute atomic E-state index is 0.141. The molecule has 0 saturated carbocycles. The second-order valence-corrected chi connectivity index (χ2v) is 6.49. The molecule has 0 aromatic heterocycles. The maximum absolute atomic E-state index is 12.7. The SMILES string of the molecule is O=[N+]([O-])c1cc(Br)cc([C@@H](CCC(F)(F)F)N2CCNCC2)c1O. The molecule has 0 bridgehead atoms. The van der Waals surface area contributed by atoms with Gasteiger partial charge in [0.25, 0.3) is 0 Å². The van der Waals surface area contributed by atoms with Crippen molar-refractivity contribution < 1.29 is 23.2 Å². The second kappa shape index (κ2) is 7.66. The van der Waals surface area contributed by atoms with Crippen LogP contribution in [0.1, 0.15) is 24.4 Å². The van der Waals surface area contributed by atoms with Gasteiger partial charge in [-0.3, -0.25) is 15.0 Å². The second-order valence-electron chi connectivity index (χ2n) is 5.58. The Labute approximate surface area is 144 Å². The van der Waals surface area contributed by atoms with E-state index in [1.807, 2.05) is 4.90 Å². The quantitative estimate of drug-likeness (QED) is 0.573. The summed E-state index contributed by atoms with van der Waals surface area (Å²) in [6.07, 6.45) is -5.63. The van der Waals surface area contributed by atoms with Gasteiger partial charge in [-0.25, -0.2) is 0 Å². The van der Waals surface area contributed by atoms with Crippen molar-refractivity contribution in [3.05, 3.63) is 32.3 Å². The van der Waals surface area contributed by atoms with Gasteiger partial charge in [0.1, 0.15) is 0 Å². The van der Waals surface area contributed by atoms with Gasteiger partial charge in [0.15, 0.2) is 5.75 Å². The minimum atomic E-state index is -4.33. The number of halogens is 4. The molecule has 1 aliphatic heterocycles. The smallest absolute Gasteiger partial charge is 0.389 e. The molecule has 1 heterocycles. The number of hydrogen-bond acceptors (Lipinski definition) is 5. The molecule has 1 aliphatic rings. The predicted molar refractivity (Wildman–Crippen MR) is 84.9 cm³/mol. The number of benzene rings is 1. The van der Waals surface area contributed by atoms with Crippen LogP contribution in [-0.2, 0) is 0 Å². The van der Waals surface area contributed by atoms with Crippen molar-refractivity contribution in [2.45, 2.75) is 25.1 Å². The summed E-state index contributed by atoms with van der Waals surface area (Å²) in [6.45, 7) is 2.23. The van der Waals surface area contributed by atoms with Crippen LogP contribution < -0.4 is 5.32 Å². The van der Waals surface area contributed by atoms with Gasteiger partial charge in [-0.05, 0) is 12.5 Å². The maximum atomic E-state index is 12.7. The Hall–Kier alpha value is -1.39. The topological polar surface area (TPSA) is 78.6 Å². The number of aromatic hydroxyl groups is 1. The molecule has 1 aromatic rings. The van der Waals surface area contributed by atoms with E-state index in [4.69, 9.17) is 0 Å². The summed E-state index contributed by atoms with van der Waals surface area (Å²) in [4.78, 5) is 12.1. The fourth-order valence-electron chi connectivity index (χ4n) is 2.83. The Balaban J connectivity index is 2.40. The maximum Gasteiger partial charge on any atom is 0.389 e. The van der Waals surface area contributed by atoms with Crippen LogP contribution in [-0.4, -0.2) is 47.3 Å². The first-order chi connectivity index (χ1) is 11.2. The van der Waals surface area contributed by atoms with Gasteiger partial charge in [0.05, 0.1) is 4.92 Å². The first-order valence-electron chi connectivity index (χ1n) is 7.37. The largest absolute Gasteiger partial charge is 0.502 e. The number of piperazine rings is 1.